The number of aromatic nitrogens is 2. The minimum Gasteiger partial charge on any atom is -0.496 e. The van der Waals surface area contributed by atoms with Crippen LogP contribution >= 0.6 is 23.4 Å². The molecule has 0 bridgehead atoms. The number of carbonyl (C=O) groups excluding carboxylic acids is 1. The summed E-state index contributed by atoms with van der Waals surface area (Å²) in [5.74, 6) is 0.976. The second kappa shape index (κ2) is 8.78. The smallest absolute Gasteiger partial charge is 0.255 e. The van der Waals surface area contributed by atoms with Gasteiger partial charge in [-0.15, -0.1) is 0 Å². The molecule has 0 atom stereocenters. The van der Waals surface area contributed by atoms with E-state index in [9.17, 15) is 4.79 Å². The molecule has 7 heteroatoms. The fourth-order valence-electron chi connectivity index (χ4n) is 2.41. The highest BCUT2D eigenvalue weighted by Gasteiger charge is 2.12. The number of halogens is 1. The fraction of sp³-hybridized carbons (Fsp3) is 0.158. The van der Waals surface area contributed by atoms with Crippen LogP contribution in [0.4, 0.5) is 0 Å². The Morgan fingerprint density at radius 3 is 2.85 bits per heavy atom. The van der Waals surface area contributed by atoms with E-state index in [1.807, 2.05) is 36.5 Å². The number of methoxy groups -OCH3 is 1. The molecule has 5 nitrogen and oxygen atoms in total. The topological polar surface area (TPSA) is 67.0 Å². The molecule has 134 valence electrons. The van der Waals surface area contributed by atoms with Crippen LogP contribution in [0, 0.1) is 0 Å². The van der Waals surface area contributed by atoms with Crippen molar-refractivity contribution in [2.24, 2.45) is 0 Å². The van der Waals surface area contributed by atoms with Crippen LogP contribution in [0.1, 0.15) is 10.4 Å². The second-order valence-electron chi connectivity index (χ2n) is 5.42. The lowest BCUT2D eigenvalue weighted by atomic mass is 10.2. The van der Waals surface area contributed by atoms with Gasteiger partial charge in [0, 0.05) is 17.3 Å². The Morgan fingerprint density at radius 1 is 1.27 bits per heavy atom. The summed E-state index contributed by atoms with van der Waals surface area (Å²) in [5.41, 5.74) is 2.49. The third-order valence-electron chi connectivity index (χ3n) is 3.67. The lowest BCUT2D eigenvalue weighted by Gasteiger charge is -2.09. The van der Waals surface area contributed by atoms with Crippen LogP contribution in [0.2, 0.25) is 5.02 Å². The highest BCUT2D eigenvalue weighted by atomic mass is 35.5. The summed E-state index contributed by atoms with van der Waals surface area (Å²) in [7, 11) is 1.52. The number of H-pyrrole nitrogens is 1. The molecule has 0 aliphatic carbocycles. The normalized spacial score (nSPS) is 10.5. The largest absolute Gasteiger partial charge is 0.496 e. The minimum atomic E-state index is -0.214. The van der Waals surface area contributed by atoms with Gasteiger partial charge in [0.25, 0.3) is 5.91 Å². The monoisotopic (exact) mass is 387 g/mol. The number of rotatable bonds is 7. The Kier molecular flexibility index (Phi) is 6.20. The maximum absolute atomic E-state index is 12.3. The number of amides is 1. The van der Waals surface area contributed by atoms with Gasteiger partial charge in [-0.2, -0.15) is 0 Å². The van der Waals surface area contributed by atoms with E-state index in [1.165, 1.54) is 7.11 Å². The van der Waals surface area contributed by atoms with E-state index in [0.29, 0.717) is 28.6 Å². The molecule has 2 N–H and O–H groups in total. The molecule has 0 saturated carbocycles. The first-order chi connectivity index (χ1) is 12.7. The highest BCUT2D eigenvalue weighted by molar-refractivity contribution is 7.99. The summed E-state index contributed by atoms with van der Waals surface area (Å²) in [6, 6.07) is 15.0. The number of nitrogens with zero attached hydrogens (tertiary/aromatic N) is 1. The minimum absolute atomic E-state index is 0.214. The van der Waals surface area contributed by atoms with Gasteiger partial charge < -0.3 is 15.0 Å². The third kappa shape index (κ3) is 4.59. The van der Waals surface area contributed by atoms with E-state index in [-0.39, 0.29) is 5.91 Å². The fourth-order valence-corrected chi connectivity index (χ4v) is 3.28. The zero-order valence-corrected chi connectivity index (χ0v) is 15.7. The molecule has 1 aromatic heterocycles. The Labute approximate surface area is 161 Å². The quantitative estimate of drug-likeness (QED) is 0.469. The van der Waals surface area contributed by atoms with Crippen molar-refractivity contribution in [3.05, 3.63) is 65.3 Å². The van der Waals surface area contributed by atoms with E-state index in [0.717, 1.165) is 16.4 Å². The molecule has 1 amide bonds. The molecule has 0 unspecified atom stereocenters. The van der Waals surface area contributed by atoms with Crippen molar-refractivity contribution in [1.29, 1.82) is 0 Å². The molecule has 26 heavy (non-hydrogen) atoms. The Balaban J connectivity index is 1.51. The van der Waals surface area contributed by atoms with Crippen molar-refractivity contribution in [3.8, 4) is 17.0 Å². The van der Waals surface area contributed by atoms with E-state index in [2.05, 4.69) is 15.3 Å². The van der Waals surface area contributed by atoms with E-state index < -0.39 is 0 Å². The summed E-state index contributed by atoms with van der Waals surface area (Å²) in [6.45, 7) is 0.501. The molecule has 0 radical (unpaired) electrons. The van der Waals surface area contributed by atoms with Gasteiger partial charge >= 0.3 is 0 Å². The average molecular weight is 388 g/mol. The maximum atomic E-state index is 12.3. The van der Waals surface area contributed by atoms with Gasteiger partial charge in [-0.05, 0) is 23.8 Å². The van der Waals surface area contributed by atoms with Crippen molar-refractivity contribution in [2.75, 3.05) is 19.4 Å². The van der Waals surface area contributed by atoms with Crippen LogP contribution < -0.4 is 10.1 Å². The van der Waals surface area contributed by atoms with Gasteiger partial charge in [0.1, 0.15) is 5.75 Å². The number of hydrogen-bond acceptors (Lipinski definition) is 4. The molecule has 0 aliphatic rings. The Bertz CT molecular complexity index is 884. The highest BCUT2D eigenvalue weighted by Crippen LogP contribution is 2.23. The van der Waals surface area contributed by atoms with Crippen LogP contribution in [-0.4, -0.2) is 35.3 Å². The summed E-state index contributed by atoms with van der Waals surface area (Å²) < 4.78 is 5.20. The average Bonchev–Trinajstić information content (AvgIpc) is 3.14. The zero-order valence-electron chi connectivity index (χ0n) is 14.2. The Morgan fingerprint density at radius 2 is 2.08 bits per heavy atom. The molecular formula is C19H18ClN3O2S. The molecule has 1 heterocycles. The lowest BCUT2D eigenvalue weighted by Crippen LogP contribution is -2.26. The van der Waals surface area contributed by atoms with Gasteiger partial charge in [-0.25, -0.2) is 4.98 Å². The van der Waals surface area contributed by atoms with Crippen molar-refractivity contribution < 1.29 is 9.53 Å². The van der Waals surface area contributed by atoms with Crippen molar-refractivity contribution in [3.63, 3.8) is 0 Å². The standard InChI is InChI=1S/C19H18ClN3O2S/c1-25-17-8-7-14(20)11-15(17)18(24)21-9-10-26-19-22-12-16(23-19)13-5-3-2-4-6-13/h2-8,11-12H,9-10H2,1H3,(H,21,24)(H,22,23). The van der Waals surface area contributed by atoms with Crippen molar-refractivity contribution in [1.82, 2.24) is 15.3 Å². The van der Waals surface area contributed by atoms with Crippen molar-refractivity contribution >= 4 is 29.3 Å². The number of hydrogen-bond donors (Lipinski definition) is 2. The molecule has 3 aromatic rings. The van der Waals surface area contributed by atoms with Gasteiger partial charge in [-0.3, -0.25) is 4.79 Å². The van der Waals surface area contributed by atoms with Crippen LogP contribution in [0.15, 0.2) is 59.9 Å². The second-order valence-corrected chi connectivity index (χ2v) is 6.94. The summed E-state index contributed by atoms with van der Waals surface area (Å²) >= 11 is 7.51. The summed E-state index contributed by atoms with van der Waals surface area (Å²) in [5, 5.41) is 4.18. The Hall–Kier alpha value is -2.44. The number of nitrogens with one attached hydrogen (secondary N) is 2. The molecule has 2 aromatic carbocycles. The summed E-state index contributed by atoms with van der Waals surface area (Å²) in [4.78, 5) is 19.9. The van der Waals surface area contributed by atoms with Gasteiger partial charge in [0.15, 0.2) is 5.16 Å². The van der Waals surface area contributed by atoms with E-state index >= 15 is 0 Å². The first kappa shape index (κ1) is 18.4. The van der Waals surface area contributed by atoms with Crippen LogP contribution in [0.3, 0.4) is 0 Å². The number of carbonyl (C=O) groups is 1. The predicted octanol–water partition coefficient (Wildman–Crippen LogP) is 4.26. The maximum Gasteiger partial charge on any atom is 0.255 e. The molecule has 0 spiro atoms. The number of ether oxygens (including phenoxy) is 1. The molecule has 0 aliphatic heterocycles. The predicted molar refractivity (Wildman–Crippen MR) is 105 cm³/mol. The van der Waals surface area contributed by atoms with Gasteiger partial charge in [-0.1, -0.05) is 53.7 Å². The molecule has 0 saturated heterocycles. The molecule has 0 fully saturated rings. The molecule has 3 rings (SSSR count). The molecular weight excluding hydrogens is 370 g/mol. The van der Waals surface area contributed by atoms with Crippen molar-refractivity contribution in [2.45, 2.75) is 5.16 Å². The third-order valence-corrected chi connectivity index (χ3v) is 4.79. The van der Waals surface area contributed by atoms with Crippen LogP contribution in [-0.2, 0) is 0 Å². The first-order valence-corrected chi connectivity index (χ1v) is 9.38. The first-order valence-electron chi connectivity index (χ1n) is 8.02. The lowest BCUT2D eigenvalue weighted by molar-refractivity contribution is 0.0953. The number of benzene rings is 2. The van der Waals surface area contributed by atoms with Gasteiger partial charge in [0.2, 0.25) is 0 Å². The summed E-state index contributed by atoms with van der Waals surface area (Å²) in [6.07, 6.45) is 1.81. The van der Waals surface area contributed by atoms with E-state index in [1.54, 1.807) is 30.0 Å². The zero-order chi connectivity index (χ0) is 18.4. The number of imidazole rings is 1. The van der Waals surface area contributed by atoms with Gasteiger partial charge in [0.05, 0.1) is 24.6 Å². The van der Waals surface area contributed by atoms with E-state index in [4.69, 9.17) is 16.3 Å². The van der Waals surface area contributed by atoms with Crippen LogP contribution in [0.25, 0.3) is 11.3 Å². The number of thioether (sulfide) groups is 1. The number of aromatic amines is 1. The van der Waals surface area contributed by atoms with Crippen LogP contribution in [0.5, 0.6) is 5.75 Å². The SMILES string of the molecule is COc1ccc(Cl)cc1C(=O)NCCSc1ncc(-c2ccccc2)[nH]1.